The van der Waals surface area contributed by atoms with Gasteiger partial charge in [-0.15, -0.1) is 0 Å². The fourth-order valence-corrected chi connectivity index (χ4v) is 5.75. The van der Waals surface area contributed by atoms with Crippen LogP contribution < -0.4 is 19.8 Å². The van der Waals surface area contributed by atoms with E-state index in [1.807, 2.05) is 49.4 Å². The quantitative estimate of drug-likeness (QED) is 0.260. The van der Waals surface area contributed by atoms with Crippen molar-refractivity contribution in [2.24, 2.45) is 0 Å². The molecule has 1 atom stereocenters. The molecule has 0 radical (unpaired) electrons. The first-order chi connectivity index (χ1) is 18.2. The van der Waals surface area contributed by atoms with Gasteiger partial charge in [0.25, 0.3) is 5.56 Å². The van der Waals surface area contributed by atoms with Gasteiger partial charge in [0, 0.05) is 24.0 Å². The number of aromatic amines is 1. The molecular weight excluding hydrogens is 524 g/mol. The first-order valence-corrected chi connectivity index (χ1v) is 15.2. The summed E-state index contributed by atoms with van der Waals surface area (Å²) < 4.78 is 43.4. The summed E-state index contributed by atoms with van der Waals surface area (Å²) in [7, 11) is -3.01. The van der Waals surface area contributed by atoms with Gasteiger partial charge in [-0.2, -0.15) is 0 Å². The van der Waals surface area contributed by atoms with Crippen LogP contribution in [0.3, 0.4) is 0 Å². The van der Waals surface area contributed by atoms with E-state index in [2.05, 4.69) is 15.4 Å². The summed E-state index contributed by atoms with van der Waals surface area (Å²) in [6, 6.07) is 18.9. The number of fused-ring (bicyclic) bond motifs is 1. The number of nitrogens with one attached hydrogen (secondary N) is 1. The molecule has 2 heterocycles. The smallest absolute Gasteiger partial charge is 0.258 e. The van der Waals surface area contributed by atoms with E-state index >= 15 is 0 Å². The summed E-state index contributed by atoms with van der Waals surface area (Å²) in [5.41, 5.74) is 3.78. The van der Waals surface area contributed by atoms with Crippen molar-refractivity contribution in [2.45, 2.75) is 32.3 Å². The second-order valence-electron chi connectivity index (χ2n) is 9.24. The number of hydrogen-bond donors (Lipinski definition) is 1. The number of nitrogens with zero attached hydrogens (tertiary/aromatic N) is 1. The normalized spacial score (nSPS) is 14.7. The molecule has 1 aliphatic rings. The molecule has 5 rings (SSSR count). The third-order valence-corrected chi connectivity index (χ3v) is 8.16. The molecule has 0 bridgehead atoms. The molecule has 0 saturated heterocycles. The second-order valence-corrected chi connectivity index (χ2v) is 12.3. The molecule has 0 spiro atoms. The molecule has 0 saturated carbocycles. The number of aromatic nitrogens is 2. The van der Waals surface area contributed by atoms with Crippen molar-refractivity contribution >= 4 is 21.4 Å². The zero-order valence-electron chi connectivity index (χ0n) is 21.1. The van der Waals surface area contributed by atoms with E-state index in [0.29, 0.717) is 23.7 Å². The average molecular weight is 553 g/mol. The van der Waals surface area contributed by atoms with Crippen molar-refractivity contribution in [3.8, 4) is 33.6 Å². The third kappa shape index (κ3) is 6.25. The number of pyridine rings is 1. The number of aryl methyl sites for hydroxylation is 1. The lowest BCUT2D eigenvalue weighted by Gasteiger charge is -2.16. The van der Waals surface area contributed by atoms with Gasteiger partial charge >= 0.3 is 0 Å². The van der Waals surface area contributed by atoms with Crippen LogP contribution in [0.15, 0.2) is 65.5 Å². The standard InChI is InChI=1S/C28H28N2O6S2/c1-18-23(13-14-28(29-18)34-15-4-16-38(2,32)33)36-24-6-3-5-21-22(24)11-12-25(21)35-20-9-7-19(8-10-20)26-17-27(31)30-37-26/h3,5-10,13-14,17,25H,4,11-12,15-16H2,1-2H3,(H,30,31)/t25-/m1/s1. The van der Waals surface area contributed by atoms with E-state index < -0.39 is 9.84 Å². The van der Waals surface area contributed by atoms with Crippen LogP contribution in [0.2, 0.25) is 0 Å². The molecule has 2 aromatic carbocycles. The number of sulfone groups is 1. The molecule has 10 heteroatoms. The predicted octanol–water partition coefficient (Wildman–Crippen LogP) is 5.48. The van der Waals surface area contributed by atoms with Crippen molar-refractivity contribution in [1.82, 2.24) is 9.36 Å². The van der Waals surface area contributed by atoms with Gasteiger partial charge in [-0.3, -0.25) is 9.17 Å². The predicted molar refractivity (Wildman–Crippen MR) is 147 cm³/mol. The van der Waals surface area contributed by atoms with Crippen molar-refractivity contribution < 1.29 is 22.6 Å². The molecular formula is C28H28N2O6S2. The minimum Gasteiger partial charge on any atom is -0.486 e. The lowest BCUT2D eigenvalue weighted by molar-refractivity contribution is 0.207. The summed E-state index contributed by atoms with van der Waals surface area (Å²) in [6.45, 7) is 2.13. The van der Waals surface area contributed by atoms with Gasteiger partial charge in [0.15, 0.2) is 0 Å². The minimum atomic E-state index is -3.01. The molecule has 0 unspecified atom stereocenters. The monoisotopic (exact) mass is 552 g/mol. The van der Waals surface area contributed by atoms with Crippen molar-refractivity contribution in [2.75, 3.05) is 18.6 Å². The number of ether oxygens (including phenoxy) is 3. The van der Waals surface area contributed by atoms with E-state index in [1.165, 1.54) is 17.8 Å². The molecule has 0 aliphatic heterocycles. The van der Waals surface area contributed by atoms with Gasteiger partial charge in [0.2, 0.25) is 5.88 Å². The van der Waals surface area contributed by atoms with Crippen LogP contribution in [-0.2, 0) is 16.3 Å². The van der Waals surface area contributed by atoms with Gasteiger partial charge < -0.3 is 14.2 Å². The Morgan fingerprint density at radius 3 is 2.61 bits per heavy atom. The number of rotatable bonds is 10. The summed E-state index contributed by atoms with van der Waals surface area (Å²) in [6.07, 6.45) is 3.22. The summed E-state index contributed by atoms with van der Waals surface area (Å²) in [4.78, 5) is 16.8. The zero-order chi connectivity index (χ0) is 26.7. The average Bonchev–Trinajstić information content (AvgIpc) is 3.50. The van der Waals surface area contributed by atoms with Gasteiger partial charge in [0.1, 0.15) is 33.2 Å². The molecule has 2 aromatic heterocycles. The van der Waals surface area contributed by atoms with Gasteiger partial charge in [-0.1, -0.05) is 23.7 Å². The lowest BCUT2D eigenvalue weighted by Crippen LogP contribution is -2.08. The Balaban J connectivity index is 1.24. The molecule has 1 N–H and O–H groups in total. The van der Waals surface area contributed by atoms with E-state index in [1.54, 1.807) is 12.1 Å². The number of benzene rings is 2. The highest BCUT2D eigenvalue weighted by atomic mass is 32.2. The Morgan fingerprint density at radius 2 is 1.89 bits per heavy atom. The number of H-pyrrole nitrogens is 1. The van der Waals surface area contributed by atoms with Crippen LogP contribution in [0.25, 0.3) is 10.4 Å². The van der Waals surface area contributed by atoms with Gasteiger partial charge in [-0.05, 0) is 73.7 Å². The molecule has 38 heavy (non-hydrogen) atoms. The highest BCUT2D eigenvalue weighted by molar-refractivity contribution is 7.90. The zero-order valence-corrected chi connectivity index (χ0v) is 22.7. The largest absolute Gasteiger partial charge is 0.486 e. The fourth-order valence-electron chi connectivity index (χ4n) is 4.42. The lowest BCUT2D eigenvalue weighted by atomic mass is 10.1. The number of hydrogen-bond acceptors (Lipinski definition) is 8. The second kappa shape index (κ2) is 11.0. The van der Waals surface area contributed by atoms with E-state index in [0.717, 1.165) is 45.9 Å². The molecule has 0 amide bonds. The Kier molecular flexibility index (Phi) is 7.53. The maximum Gasteiger partial charge on any atom is 0.258 e. The molecule has 4 aromatic rings. The van der Waals surface area contributed by atoms with Gasteiger partial charge in [0.05, 0.1) is 22.9 Å². The van der Waals surface area contributed by atoms with Crippen LogP contribution in [0.5, 0.6) is 23.1 Å². The molecule has 1 aliphatic carbocycles. The Morgan fingerprint density at radius 1 is 1.08 bits per heavy atom. The van der Waals surface area contributed by atoms with Crippen LogP contribution in [0, 0.1) is 6.92 Å². The van der Waals surface area contributed by atoms with Crippen LogP contribution >= 0.6 is 11.5 Å². The SMILES string of the molecule is Cc1nc(OCCCS(C)(=O)=O)ccc1Oc1cccc2c1CC[C@H]2Oc1ccc(-c2cc(=O)[nH]s2)cc1. The van der Waals surface area contributed by atoms with Crippen molar-refractivity contribution in [1.29, 1.82) is 0 Å². The van der Waals surface area contributed by atoms with Crippen LogP contribution in [-0.4, -0.2) is 36.4 Å². The Hall–Kier alpha value is -3.63. The summed E-state index contributed by atoms with van der Waals surface area (Å²) >= 11 is 1.32. The first kappa shape index (κ1) is 26.0. The maximum absolute atomic E-state index is 11.4. The highest BCUT2D eigenvalue weighted by Crippen LogP contribution is 2.41. The summed E-state index contributed by atoms with van der Waals surface area (Å²) in [5.74, 6) is 2.70. The summed E-state index contributed by atoms with van der Waals surface area (Å²) in [5, 5.41) is 0. The molecule has 0 fully saturated rings. The first-order valence-electron chi connectivity index (χ1n) is 12.3. The van der Waals surface area contributed by atoms with Crippen molar-refractivity contribution in [3.05, 3.63) is 87.8 Å². The Labute approximate surface area is 225 Å². The van der Waals surface area contributed by atoms with E-state index in [-0.39, 0.29) is 24.0 Å². The Bertz CT molecular complexity index is 1590. The molecule has 198 valence electrons. The van der Waals surface area contributed by atoms with Crippen LogP contribution in [0.4, 0.5) is 0 Å². The third-order valence-electron chi connectivity index (χ3n) is 6.25. The van der Waals surface area contributed by atoms with Gasteiger partial charge in [-0.25, -0.2) is 13.4 Å². The highest BCUT2D eigenvalue weighted by Gasteiger charge is 2.27. The topological polar surface area (TPSA) is 108 Å². The fraction of sp³-hybridized carbons (Fsp3) is 0.286. The minimum absolute atomic E-state index is 0.0790. The van der Waals surface area contributed by atoms with Crippen molar-refractivity contribution in [3.63, 3.8) is 0 Å². The van der Waals surface area contributed by atoms with E-state index in [9.17, 15) is 13.2 Å². The maximum atomic E-state index is 11.4. The van der Waals surface area contributed by atoms with Crippen LogP contribution in [0.1, 0.15) is 35.8 Å². The van der Waals surface area contributed by atoms with E-state index in [4.69, 9.17) is 14.2 Å². The molecule has 8 nitrogen and oxygen atoms in total.